The SMILES string of the molecule is CCCCN(CC(N)=O)C(=O)COC(C)C. The van der Waals surface area contributed by atoms with Gasteiger partial charge < -0.3 is 15.4 Å². The predicted octanol–water partition coefficient (Wildman–Crippen LogP) is 0.525. The zero-order chi connectivity index (χ0) is 12.6. The van der Waals surface area contributed by atoms with Gasteiger partial charge in [0.15, 0.2) is 0 Å². The largest absolute Gasteiger partial charge is 0.369 e. The first kappa shape index (κ1) is 14.9. The molecule has 0 atom stereocenters. The first-order chi connectivity index (χ1) is 7.47. The van der Waals surface area contributed by atoms with Crippen molar-refractivity contribution in [3.63, 3.8) is 0 Å². The van der Waals surface area contributed by atoms with Crippen molar-refractivity contribution in [2.24, 2.45) is 5.73 Å². The summed E-state index contributed by atoms with van der Waals surface area (Å²) in [6, 6.07) is 0. The Hall–Kier alpha value is -1.10. The fraction of sp³-hybridized carbons (Fsp3) is 0.818. The van der Waals surface area contributed by atoms with E-state index in [1.807, 2.05) is 20.8 Å². The number of rotatable bonds is 8. The fourth-order valence-corrected chi connectivity index (χ4v) is 1.16. The second-order valence-electron chi connectivity index (χ2n) is 3.99. The number of carbonyl (C=O) groups is 2. The molecule has 0 rings (SSSR count). The van der Waals surface area contributed by atoms with Crippen LogP contribution in [0.5, 0.6) is 0 Å². The molecule has 5 heteroatoms. The molecule has 0 aliphatic rings. The van der Waals surface area contributed by atoms with E-state index in [2.05, 4.69) is 0 Å². The van der Waals surface area contributed by atoms with Crippen LogP contribution < -0.4 is 5.73 Å². The van der Waals surface area contributed by atoms with Crippen molar-refractivity contribution >= 4 is 11.8 Å². The first-order valence-corrected chi connectivity index (χ1v) is 5.65. The molecule has 16 heavy (non-hydrogen) atoms. The lowest BCUT2D eigenvalue weighted by molar-refractivity contribution is -0.140. The third-order valence-electron chi connectivity index (χ3n) is 2.02. The molecule has 0 spiro atoms. The van der Waals surface area contributed by atoms with E-state index in [4.69, 9.17) is 10.5 Å². The number of unbranched alkanes of at least 4 members (excludes halogenated alkanes) is 1. The zero-order valence-electron chi connectivity index (χ0n) is 10.4. The topological polar surface area (TPSA) is 72.6 Å². The summed E-state index contributed by atoms with van der Waals surface area (Å²) >= 11 is 0. The van der Waals surface area contributed by atoms with Gasteiger partial charge in [0.2, 0.25) is 11.8 Å². The molecule has 0 unspecified atom stereocenters. The first-order valence-electron chi connectivity index (χ1n) is 5.65. The van der Waals surface area contributed by atoms with Gasteiger partial charge in [0, 0.05) is 6.54 Å². The van der Waals surface area contributed by atoms with Gasteiger partial charge in [-0.15, -0.1) is 0 Å². The van der Waals surface area contributed by atoms with Gasteiger partial charge in [-0.3, -0.25) is 9.59 Å². The van der Waals surface area contributed by atoms with Gasteiger partial charge in [-0.2, -0.15) is 0 Å². The molecule has 0 aliphatic heterocycles. The number of nitrogens with zero attached hydrogens (tertiary/aromatic N) is 1. The van der Waals surface area contributed by atoms with E-state index in [9.17, 15) is 9.59 Å². The molecule has 0 bridgehead atoms. The molecule has 0 aromatic rings. The standard InChI is InChI=1S/C11H22N2O3/c1-4-5-6-13(7-10(12)14)11(15)8-16-9(2)3/h9H,4-8H2,1-3H3,(H2,12,14). The van der Waals surface area contributed by atoms with Crippen molar-refractivity contribution in [3.05, 3.63) is 0 Å². The monoisotopic (exact) mass is 230 g/mol. The Morgan fingerprint density at radius 3 is 2.44 bits per heavy atom. The van der Waals surface area contributed by atoms with Crippen LogP contribution in [0.2, 0.25) is 0 Å². The number of carbonyl (C=O) groups excluding carboxylic acids is 2. The molecule has 0 fully saturated rings. The molecule has 2 N–H and O–H groups in total. The summed E-state index contributed by atoms with van der Waals surface area (Å²) < 4.78 is 5.20. The summed E-state index contributed by atoms with van der Waals surface area (Å²) in [6.45, 7) is 6.28. The number of amides is 2. The number of ether oxygens (including phenoxy) is 1. The van der Waals surface area contributed by atoms with Crippen LogP contribution in [-0.2, 0) is 14.3 Å². The summed E-state index contributed by atoms with van der Waals surface area (Å²) in [5, 5.41) is 0. The number of hydrogen-bond acceptors (Lipinski definition) is 3. The van der Waals surface area contributed by atoms with E-state index in [-0.39, 0.29) is 25.2 Å². The highest BCUT2D eigenvalue weighted by Crippen LogP contribution is 1.98. The minimum absolute atomic E-state index is 0.00514. The van der Waals surface area contributed by atoms with Crippen LogP contribution in [0.25, 0.3) is 0 Å². The van der Waals surface area contributed by atoms with Gasteiger partial charge in [0.25, 0.3) is 0 Å². The van der Waals surface area contributed by atoms with E-state index < -0.39 is 5.91 Å². The highest BCUT2D eigenvalue weighted by atomic mass is 16.5. The Labute approximate surface area is 96.9 Å². The van der Waals surface area contributed by atoms with Gasteiger partial charge in [-0.25, -0.2) is 0 Å². The number of hydrogen-bond donors (Lipinski definition) is 1. The highest BCUT2D eigenvalue weighted by Gasteiger charge is 2.15. The van der Waals surface area contributed by atoms with Crippen LogP contribution in [0, 0.1) is 0 Å². The summed E-state index contributed by atoms with van der Waals surface area (Å²) in [4.78, 5) is 23.9. The summed E-state index contributed by atoms with van der Waals surface area (Å²) in [5.41, 5.74) is 5.09. The summed E-state index contributed by atoms with van der Waals surface area (Å²) in [5.74, 6) is -0.671. The van der Waals surface area contributed by atoms with E-state index >= 15 is 0 Å². The zero-order valence-corrected chi connectivity index (χ0v) is 10.4. The van der Waals surface area contributed by atoms with Crippen LogP contribution in [0.1, 0.15) is 33.6 Å². The Kier molecular flexibility index (Phi) is 7.54. The fourth-order valence-electron chi connectivity index (χ4n) is 1.16. The molecule has 0 saturated heterocycles. The molecular weight excluding hydrogens is 208 g/mol. The van der Waals surface area contributed by atoms with Crippen molar-refractivity contribution in [1.82, 2.24) is 4.90 Å². The molecule has 0 aromatic carbocycles. The second-order valence-corrected chi connectivity index (χ2v) is 3.99. The van der Waals surface area contributed by atoms with Gasteiger partial charge in [0.05, 0.1) is 12.6 Å². The molecule has 0 aromatic heterocycles. The molecule has 0 aliphatic carbocycles. The van der Waals surface area contributed by atoms with Gasteiger partial charge in [-0.05, 0) is 20.3 Å². The third kappa shape index (κ3) is 7.23. The summed E-state index contributed by atoms with van der Waals surface area (Å²) in [7, 11) is 0. The third-order valence-corrected chi connectivity index (χ3v) is 2.02. The van der Waals surface area contributed by atoms with E-state index in [0.29, 0.717) is 6.54 Å². The smallest absolute Gasteiger partial charge is 0.249 e. The number of primary amides is 1. The Balaban J connectivity index is 4.14. The minimum atomic E-state index is -0.492. The van der Waals surface area contributed by atoms with Crippen molar-refractivity contribution in [1.29, 1.82) is 0 Å². The minimum Gasteiger partial charge on any atom is -0.369 e. The van der Waals surface area contributed by atoms with Gasteiger partial charge in [0.1, 0.15) is 6.61 Å². The Bertz CT molecular complexity index is 229. The quantitative estimate of drug-likeness (QED) is 0.661. The van der Waals surface area contributed by atoms with Crippen LogP contribution in [0.4, 0.5) is 0 Å². The molecular formula is C11H22N2O3. The molecule has 2 amide bonds. The lowest BCUT2D eigenvalue weighted by Crippen LogP contribution is -2.41. The summed E-state index contributed by atoms with van der Waals surface area (Å²) in [6.07, 6.45) is 1.83. The van der Waals surface area contributed by atoms with Crippen molar-refractivity contribution in [3.8, 4) is 0 Å². The molecule has 94 valence electrons. The highest BCUT2D eigenvalue weighted by molar-refractivity contribution is 5.84. The van der Waals surface area contributed by atoms with E-state index in [0.717, 1.165) is 12.8 Å². The Morgan fingerprint density at radius 1 is 1.38 bits per heavy atom. The molecule has 0 radical (unpaired) electrons. The predicted molar refractivity (Wildman–Crippen MR) is 61.8 cm³/mol. The van der Waals surface area contributed by atoms with Crippen molar-refractivity contribution in [2.75, 3.05) is 19.7 Å². The van der Waals surface area contributed by atoms with E-state index in [1.165, 1.54) is 4.90 Å². The lowest BCUT2D eigenvalue weighted by atomic mass is 10.3. The average Bonchev–Trinajstić information content (AvgIpc) is 2.20. The Morgan fingerprint density at radius 2 is 2.00 bits per heavy atom. The molecule has 0 saturated carbocycles. The van der Waals surface area contributed by atoms with Crippen LogP contribution >= 0.6 is 0 Å². The second kappa shape index (κ2) is 8.10. The average molecular weight is 230 g/mol. The van der Waals surface area contributed by atoms with Crippen LogP contribution in [-0.4, -0.2) is 42.5 Å². The maximum Gasteiger partial charge on any atom is 0.249 e. The van der Waals surface area contributed by atoms with Crippen molar-refractivity contribution < 1.29 is 14.3 Å². The lowest BCUT2D eigenvalue weighted by Gasteiger charge is -2.21. The molecule has 0 heterocycles. The maximum atomic E-state index is 11.7. The van der Waals surface area contributed by atoms with Crippen molar-refractivity contribution in [2.45, 2.75) is 39.7 Å². The number of nitrogens with two attached hydrogens (primary N) is 1. The maximum absolute atomic E-state index is 11.7. The normalized spacial score (nSPS) is 10.5. The van der Waals surface area contributed by atoms with E-state index in [1.54, 1.807) is 0 Å². The van der Waals surface area contributed by atoms with Gasteiger partial charge in [-0.1, -0.05) is 13.3 Å². The van der Waals surface area contributed by atoms with Crippen LogP contribution in [0.3, 0.4) is 0 Å². The van der Waals surface area contributed by atoms with Gasteiger partial charge >= 0.3 is 0 Å². The van der Waals surface area contributed by atoms with Crippen LogP contribution in [0.15, 0.2) is 0 Å². The molecule has 5 nitrogen and oxygen atoms in total.